The van der Waals surface area contributed by atoms with Crippen molar-refractivity contribution in [1.82, 2.24) is 0 Å². The van der Waals surface area contributed by atoms with Gasteiger partial charge in [-0.1, -0.05) is 11.8 Å². The van der Waals surface area contributed by atoms with Crippen LogP contribution in [0, 0.1) is 23.1 Å². The maximum Gasteiger partial charge on any atom is 0.165 e. The lowest BCUT2D eigenvalue weighted by Gasteiger charge is -2.08. The highest BCUT2D eigenvalue weighted by Crippen LogP contribution is 2.18. The summed E-state index contributed by atoms with van der Waals surface area (Å²) in [6, 6.07) is 4.16. The molecular formula is C15H17FO2. The van der Waals surface area contributed by atoms with E-state index in [1.54, 1.807) is 0 Å². The minimum absolute atomic E-state index is 0.0968. The predicted molar refractivity (Wildman–Crippen MR) is 69.1 cm³/mol. The molecule has 0 spiro atoms. The smallest absolute Gasteiger partial charge is 0.165 e. The Hall–Kier alpha value is -1.82. The van der Waals surface area contributed by atoms with E-state index in [1.807, 2.05) is 20.8 Å². The quantitative estimate of drug-likeness (QED) is 0.605. The number of ether oxygens (including phenoxy) is 1. The lowest BCUT2D eigenvalue weighted by Crippen LogP contribution is -2.02. The molecule has 1 aromatic rings. The van der Waals surface area contributed by atoms with Gasteiger partial charge in [0, 0.05) is 11.0 Å². The van der Waals surface area contributed by atoms with Crippen LogP contribution in [-0.2, 0) is 0 Å². The van der Waals surface area contributed by atoms with Crippen molar-refractivity contribution in [2.45, 2.75) is 27.7 Å². The maximum atomic E-state index is 13.5. The molecule has 96 valence electrons. The summed E-state index contributed by atoms with van der Waals surface area (Å²) in [5, 5.41) is 0. The molecule has 0 saturated heterocycles. The van der Waals surface area contributed by atoms with Gasteiger partial charge in [0.1, 0.15) is 6.61 Å². The van der Waals surface area contributed by atoms with Gasteiger partial charge in [-0.3, -0.25) is 4.79 Å². The molecule has 0 aromatic heterocycles. The van der Waals surface area contributed by atoms with Gasteiger partial charge < -0.3 is 4.74 Å². The van der Waals surface area contributed by atoms with Crippen molar-refractivity contribution in [3.63, 3.8) is 0 Å². The van der Waals surface area contributed by atoms with Gasteiger partial charge in [-0.05, 0) is 45.9 Å². The Morgan fingerprint density at radius 1 is 1.39 bits per heavy atom. The molecule has 0 radical (unpaired) electrons. The van der Waals surface area contributed by atoms with Crippen molar-refractivity contribution in [2.75, 3.05) is 6.61 Å². The molecule has 0 fully saturated rings. The second-order valence-corrected chi connectivity index (χ2v) is 5.04. The standard InChI is InChI=1S/C15H17FO2/c1-11(17)12-6-7-14(13(16)10-12)18-9-5-8-15(2,3)4/h6-7,10H,9H2,1-4H3. The van der Waals surface area contributed by atoms with E-state index in [2.05, 4.69) is 11.8 Å². The fourth-order valence-corrected chi connectivity index (χ4v) is 1.25. The minimum atomic E-state index is -0.541. The number of rotatable bonds is 3. The van der Waals surface area contributed by atoms with E-state index < -0.39 is 5.82 Å². The van der Waals surface area contributed by atoms with Crippen molar-refractivity contribution in [3.8, 4) is 17.6 Å². The summed E-state index contributed by atoms with van der Waals surface area (Å²) in [4.78, 5) is 11.0. The maximum absolute atomic E-state index is 13.5. The van der Waals surface area contributed by atoms with Crippen LogP contribution in [0.2, 0.25) is 0 Å². The van der Waals surface area contributed by atoms with E-state index in [0.717, 1.165) is 0 Å². The van der Waals surface area contributed by atoms with E-state index in [-0.39, 0.29) is 23.6 Å². The lowest BCUT2D eigenvalue weighted by atomic mass is 9.98. The zero-order valence-electron chi connectivity index (χ0n) is 11.1. The number of Topliss-reactive ketones (excluding diaryl/α,β-unsaturated/α-hetero) is 1. The van der Waals surface area contributed by atoms with Crippen LogP contribution in [0.25, 0.3) is 0 Å². The molecule has 0 aliphatic carbocycles. The van der Waals surface area contributed by atoms with Crippen molar-refractivity contribution < 1.29 is 13.9 Å². The second-order valence-electron chi connectivity index (χ2n) is 5.04. The molecule has 0 aliphatic heterocycles. The van der Waals surface area contributed by atoms with Crippen molar-refractivity contribution in [1.29, 1.82) is 0 Å². The average molecular weight is 248 g/mol. The summed E-state index contributed by atoms with van der Waals surface area (Å²) in [6.45, 7) is 7.49. The van der Waals surface area contributed by atoms with E-state index in [9.17, 15) is 9.18 Å². The number of carbonyl (C=O) groups is 1. The number of benzene rings is 1. The number of carbonyl (C=O) groups excluding carboxylic acids is 1. The van der Waals surface area contributed by atoms with E-state index in [0.29, 0.717) is 5.56 Å². The highest BCUT2D eigenvalue weighted by atomic mass is 19.1. The molecule has 1 aromatic carbocycles. The summed E-state index contributed by atoms with van der Waals surface area (Å²) >= 11 is 0. The number of hydrogen-bond acceptors (Lipinski definition) is 2. The first-order valence-electron chi connectivity index (χ1n) is 5.73. The predicted octanol–water partition coefficient (Wildman–Crippen LogP) is 3.46. The van der Waals surface area contributed by atoms with Crippen LogP contribution in [0.15, 0.2) is 18.2 Å². The third-order valence-corrected chi connectivity index (χ3v) is 2.10. The fraction of sp³-hybridized carbons (Fsp3) is 0.400. The van der Waals surface area contributed by atoms with Crippen LogP contribution >= 0.6 is 0 Å². The highest BCUT2D eigenvalue weighted by Gasteiger charge is 2.07. The Labute approximate surface area is 107 Å². The summed E-state index contributed by atoms with van der Waals surface area (Å²) in [5.74, 6) is 5.22. The second kappa shape index (κ2) is 5.68. The molecule has 0 amide bonds. The Morgan fingerprint density at radius 3 is 2.56 bits per heavy atom. The Balaban J connectivity index is 2.69. The summed E-state index contributed by atoms with van der Waals surface area (Å²) in [6.07, 6.45) is 0. The van der Waals surface area contributed by atoms with Crippen LogP contribution in [0.1, 0.15) is 38.1 Å². The minimum Gasteiger partial charge on any atom is -0.478 e. The largest absolute Gasteiger partial charge is 0.478 e. The normalized spacial score (nSPS) is 10.5. The molecule has 0 unspecified atom stereocenters. The zero-order chi connectivity index (χ0) is 13.8. The monoisotopic (exact) mass is 248 g/mol. The van der Waals surface area contributed by atoms with Gasteiger partial charge in [0.25, 0.3) is 0 Å². The van der Waals surface area contributed by atoms with Gasteiger partial charge in [-0.15, -0.1) is 0 Å². The van der Waals surface area contributed by atoms with Gasteiger partial charge in [0.15, 0.2) is 17.3 Å². The topological polar surface area (TPSA) is 26.3 Å². The number of halogens is 1. The number of ketones is 1. The number of hydrogen-bond donors (Lipinski definition) is 0. The molecule has 1 rings (SSSR count). The van der Waals surface area contributed by atoms with Crippen molar-refractivity contribution >= 4 is 5.78 Å². The third-order valence-electron chi connectivity index (χ3n) is 2.10. The fourth-order valence-electron chi connectivity index (χ4n) is 1.25. The van der Waals surface area contributed by atoms with Crippen molar-refractivity contribution in [3.05, 3.63) is 29.6 Å². The SMILES string of the molecule is CC(=O)c1ccc(OCC#CC(C)(C)C)c(F)c1. The first-order chi connectivity index (χ1) is 8.29. The van der Waals surface area contributed by atoms with Gasteiger partial charge in [-0.2, -0.15) is 0 Å². The van der Waals surface area contributed by atoms with Gasteiger partial charge in [-0.25, -0.2) is 4.39 Å². The third kappa shape index (κ3) is 4.58. The molecule has 0 aliphatic rings. The Bertz CT molecular complexity index is 501. The Kier molecular flexibility index (Phi) is 4.49. The Morgan fingerprint density at radius 2 is 2.06 bits per heavy atom. The van der Waals surface area contributed by atoms with Gasteiger partial charge in [0.2, 0.25) is 0 Å². The molecular weight excluding hydrogens is 231 g/mol. The molecule has 2 nitrogen and oxygen atoms in total. The molecule has 0 saturated carbocycles. The van der Waals surface area contributed by atoms with E-state index in [4.69, 9.17) is 4.74 Å². The van der Waals surface area contributed by atoms with Gasteiger partial charge >= 0.3 is 0 Å². The van der Waals surface area contributed by atoms with Crippen LogP contribution < -0.4 is 4.74 Å². The first kappa shape index (κ1) is 14.2. The average Bonchev–Trinajstić information content (AvgIpc) is 2.24. The van der Waals surface area contributed by atoms with Crippen molar-refractivity contribution in [2.24, 2.45) is 5.41 Å². The van der Waals surface area contributed by atoms with Crippen LogP contribution in [-0.4, -0.2) is 12.4 Å². The summed E-state index contributed by atoms with van der Waals surface area (Å²) < 4.78 is 18.8. The molecule has 18 heavy (non-hydrogen) atoms. The van der Waals surface area contributed by atoms with Gasteiger partial charge in [0.05, 0.1) is 0 Å². The molecule has 0 atom stereocenters. The highest BCUT2D eigenvalue weighted by molar-refractivity contribution is 5.94. The van der Waals surface area contributed by atoms with Crippen LogP contribution in [0.3, 0.4) is 0 Å². The summed E-state index contributed by atoms with van der Waals surface area (Å²) in [7, 11) is 0. The molecule has 0 bridgehead atoms. The van der Waals surface area contributed by atoms with Crippen LogP contribution in [0.4, 0.5) is 4.39 Å². The van der Waals surface area contributed by atoms with Crippen LogP contribution in [0.5, 0.6) is 5.75 Å². The van der Waals surface area contributed by atoms with E-state index in [1.165, 1.54) is 25.1 Å². The van der Waals surface area contributed by atoms with E-state index >= 15 is 0 Å². The molecule has 0 heterocycles. The zero-order valence-corrected chi connectivity index (χ0v) is 11.1. The molecule has 3 heteroatoms. The molecule has 0 N–H and O–H groups in total. The lowest BCUT2D eigenvalue weighted by molar-refractivity contribution is 0.101. The summed E-state index contributed by atoms with van der Waals surface area (Å²) in [5.41, 5.74) is 0.237. The first-order valence-corrected chi connectivity index (χ1v) is 5.73.